The minimum Gasteiger partial charge on any atom is -0.507 e. The summed E-state index contributed by atoms with van der Waals surface area (Å²) in [5.74, 6) is 0.873. The molecule has 2 N–H and O–H groups in total. The fourth-order valence-electron chi connectivity index (χ4n) is 3.50. The normalized spacial score (nSPS) is 18.3. The van der Waals surface area contributed by atoms with Gasteiger partial charge in [-0.25, -0.2) is 0 Å². The number of phenolic OH excluding ortho intramolecular Hbond substituents is 2. The van der Waals surface area contributed by atoms with Gasteiger partial charge in [-0.2, -0.15) is 0 Å². The molecule has 1 aliphatic rings. The van der Waals surface area contributed by atoms with Crippen LogP contribution in [-0.2, 0) is 6.42 Å². The quantitative estimate of drug-likeness (QED) is 0.501. The Bertz CT molecular complexity index is 587. The molecular formula is C21H30O2. The topological polar surface area (TPSA) is 40.5 Å². The molecule has 1 aliphatic carbocycles. The van der Waals surface area contributed by atoms with Gasteiger partial charge in [0.15, 0.2) is 0 Å². The highest BCUT2D eigenvalue weighted by atomic mass is 16.3. The van der Waals surface area contributed by atoms with Crippen molar-refractivity contribution in [3.05, 3.63) is 41.0 Å². The summed E-state index contributed by atoms with van der Waals surface area (Å²) in [4.78, 5) is 0. The van der Waals surface area contributed by atoms with E-state index in [2.05, 4.69) is 27.4 Å². The Hall–Kier alpha value is -1.70. The van der Waals surface area contributed by atoms with Gasteiger partial charge in [0.2, 0.25) is 0 Å². The van der Waals surface area contributed by atoms with E-state index < -0.39 is 0 Å². The molecule has 0 bridgehead atoms. The lowest BCUT2D eigenvalue weighted by atomic mass is 9.78. The van der Waals surface area contributed by atoms with Crippen LogP contribution in [-0.4, -0.2) is 10.2 Å². The molecule has 0 fully saturated rings. The predicted molar refractivity (Wildman–Crippen MR) is 97.7 cm³/mol. The van der Waals surface area contributed by atoms with E-state index in [0.717, 1.165) is 43.2 Å². The average molecular weight is 314 g/mol. The lowest BCUT2D eigenvalue weighted by molar-refractivity contribution is 0.443. The lowest BCUT2D eigenvalue weighted by Gasteiger charge is -2.27. The highest BCUT2D eigenvalue weighted by molar-refractivity contribution is 5.78. The number of phenols is 2. The second kappa shape index (κ2) is 7.72. The molecule has 23 heavy (non-hydrogen) atoms. The van der Waals surface area contributed by atoms with Crippen LogP contribution in [0.1, 0.15) is 70.4 Å². The molecule has 0 saturated heterocycles. The minimum atomic E-state index is 0.216. The number of aryl methyl sites for hydroxylation is 1. The lowest BCUT2D eigenvalue weighted by Crippen LogP contribution is -2.10. The standard InChI is InChI=1S/C21H30O2/c1-5-6-7-8-16-11-19(22)21(20(23)12-16)18-13-17(14(2)3)10-9-15(18)4/h11-12,17,22-23H,2,5-10,13H2,1,3-4H3/t17-/m1/s1. The molecular weight excluding hydrogens is 284 g/mol. The maximum atomic E-state index is 10.5. The summed E-state index contributed by atoms with van der Waals surface area (Å²) < 4.78 is 0. The summed E-state index contributed by atoms with van der Waals surface area (Å²) in [5, 5.41) is 21.0. The first-order chi connectivity index (χ1) is 10.9. The van der Waals surface area contributed by atoms with E-state index in [9.17, 15) is 10.2 Å². The van der Waals surface area contributed by atoms with Crippen molar-refractivity contribution >= 4 is 5.57 Å². The maximum Gasteiger partial charge on any atom is 0.127 e. The van der Waals surface area contributed by atoms with E-state index in [1.807, 2.05) is 12.1 Å². The highest BCUT2D eigenvalue weighted by Crippen LogP contribution is 2.44. The van der Waals surface area contributed by atoms with Gasteiger partial charge in [0.05, 0.1) is 5.56 Å². The van der Waals surface area contributed by atoms with Gasteiger partial charge in [-0.3, -0.25) is 0 Å². The van der Waals surface area contributed by atoms with Crippen molar-refractivity contribution in [2.24, 2.45) is 5.92 Å². The van der Waals surface area contributed by atoms with Crippen LogP contribution >= 0.6 is 0 Å². The second-order valence-corrected chi connectivity index (χ2v) is 7.01. The number of hydrogen-bond acceptors (Lipinski definition) is 2. The van der Waals surface area contributed by atoms with Gasteiger partial charge in [-0.05, 0) is 75.1 Å². The summed E-state index contributed by atoms with van der Waals surface area (Å²) in [6.45, 7) is 10.4. The van der Waals surface area contributed by atoms with Crippen LogP contribution in [0, 0.1) is 5.92 Å². The van der Waals surface area contributed by atoms with E-state index in [-0.39, 0.29) is 11.5 Å². The van der Waals surface area contributed by atoms with E-state index in [1.54, 1.807) is 0 Å². The number of aromatic hydroxyl groups is 2. The zero-order chi connectivity index (χ0) is 17.0. The third-order valence-corrected chi connectivity index (χ3v) is 5.06. The number of rotatable bonds is 6. The smallest absolute Gasteiger partial charge is 0.127 e. The zero-order valence-corrected chi connectivity index (χ0v) is 14.8. The van der Waals surface area contributed by atoms with Crippen molar-refractivity contribution in [2.75, 3.05) is 0 Å². The fraction of sp³-hybridized carbons (Fsp3) is 0.524. The number of unbranched alkanes of at least 4 members (excludes halogenated alkanes) is 2. The number of hydrogen-bond donors (Lipinski definition) is 2. The van der Waals surface area contributed by atoms with Crippen LogP contribution in [0.4, 0.5) is 0 Å². The van der Waals surface area contributed by atoms with Gasteiger partial charge < -0.3 is 10.2 Å². The molecule has 0 saturated carbocycles. The Kier molecular flexibility index (Phi) is 5.92. The van der Waals surface area contributed by atoms with Gasteiger partial charge in [0.25, 0.3) is 0 Å². The van der Waals surface area contributed by atoms with E-state index in [4.69, 9.17) is 0 Å². The van der Waals surface area contributed by atoms with Crippen LogP contribution in [0.25, 0.3) is 5.57 Å². The van der Waals surface area contributed by atoms with Crippen molar-refractivity contribution in [3.8, 4) is 11.5 Å². The van der Waals surface area contributed by atoms with E-state index in [0.29, 0.717) is 11.5 Å². The fourth-order valence-corrected chi connectivity index (χ4v) is 3.50. The Morgan fingerprint density at radius 3 is 2.43 bits per heavy atom. The number of benzene rings is 1. The van der Waals surface area contributed by atoms with Gasteiger partial charge >= 0.3 is 0 Å². The first-order valence-corrected chi connectivity index (χ1v) is 8.83. The Balaban J connectivity index is 2.30. The molecule has 0 amide bonds. The Labute approximate surface area is 140 Å². The molecule has 2 heteroatoms. The molecule has 0 radical (unpaired) electrons. The molecule has 0 aromatic heterocycles. The van der Waals surface area contributed by atoms with Crippen LogP contribution < -0.4 is 0 Å². The van der Waals surface area contributed by atoms with E-state index in [1.165, 1.54) is 24.0 Å². The molecule has 1 aromatic carbocycles. The number of allylic oxidation sites excluding steroid dienone is 3. The first kappa shape index (κ1) is 17.7. The summed E-state index contributed by atoms with van der Waals surface area (Å²) in [6, 6.07) is 3.66. The molecule has 0 heterocycles. The largest absolute Gasteiger partial charge is 0.507 e. The molecule has 0 spiro atoms. The highest BCUT2D eigenvalue weighted by Gasteiger charge is 2.24. The van der Waals surface area contributed by atoms with Gasteiger partial charge in [0, 0.05) is 0 Å². The van der Waals surface area contributed by atoms with Crippen molar-refractivity contribution in [2.45, 2.75) is 65.7 Å². The van der Waals surface area contributed by atoms with Crippen LogP contribution in [0.2, 0.25) is 0 Å². The maximum absolute atomic E-state index is 10.5. The molecule has 0 unspecified atom stereocenters. The second-order valence-electron chi connectivity index (χ2n) is 7.01. The van der Waals surface area contributed by atoms with Crippen LogP contribution in [0.5, 0.6) is 11.5 Å². The SMILES string of the molecule is C=C(C)[C@@H]1CCC(C)=C(c2c(O)cc(CCCCC)cc2O)C1. The minimum absolute atomic E-state index is 0.216. The molecule has 1 aromatic rings. The van der Waals surface area contributed by atoms with E-state index >= 15 is 0 Å². The molecule has 126 valence electrons. The predicted octanol–water partition coefficient (Wildman–Crippen LogP) is 5.98. The van der Waals surface area contributed by atoms with Crippen LogP contribution in [0.15, 0.2) is 29.9 Å². The van der Waals surface area contributed by atoms with Crippen molar-refractivity contribution in [1.82, 2.24) is 0 Å². The third kappa shape index (κ3) is 4.19. The molecule has 2 nitrogen and oxygen atoms in total. The first-order valence-electron chi connectivity index (χ1n) is 8.83. The molecule has 0 aliphatic heterocycles. The van der Waals surface area contributed by atoms with Crippen molar-refractivity contribution in [3.63, 3.8) is 0 Å². The third-order valence-electron chi connectivity index (χ3n) is 5.06. The summed E-state index contributed by atoms with van der Waals surface area (Å²) in [6.07, 6.45) is 7.32. The molecule has 2 rings (SSSR count). The monoisotopic (exact) mass is 314 g/mol. The zero-order valence-electron chi connectivity index (χ0n) is 14.8. The average Bonchev–Trinajstić information content (AvgIpc) is 2.48. The van der Waals surface area contributed by atoms with Crippen molar-refractivity contribution < 1.29 is 10.2 Å². The van der Waals surface area contributed by atoms with Gasteiger partial charge in [0.1, 0.15) is 11.5 Å². The van der Waals surface area contributed by atoms with Crippen molar-refractivity contribution in [1.29, 1.82) is 0 Å². The Morgan fingerprint density at radius 2 is 1.87 bits per heavy atom. The van der Waals surface area contributed by atoms with Crippen LogP contribution in [0.3, 0.4) is 0 Å². The summed E-state index contributed by atoms with van der Waals surface area (Å²) in [5.41, 5.74) is 5.20. The summed E-state index contributed by atoms with van der Waals surface area (Å²) in [7, 11) is 0. The molecule has 1 atom stereocenters. The van der Waals surface area contributed by atoms with Gasteiger partial charge in [-0.1, -0.05) is 37.5 Å². The van der Waals surface area contributed by atoms with Gasteiger partial charge in [-0.15, -0.1) is 0 Å². The Morgan fingerprint density at radius 1 is 1.22 bits per heavy atom. The summed E-state index contributed by atoms with van der Waals surface area (Å²) >= 11 is 0.